The van der Waals surface area contributed by atoms with Crippen LogP contribution in [0.5, 0.6) is 0 Å². The number of benzene rings is 1. The summed E-state index contributed by atoms with van der Waals surface area (Å²) in [5.41, 5.74) is 2.93. The van der Waals surface area contributed by atoms with Crippen molar-refractivity contribution in [2.45, 2.75) is 31.6 Å². The lowest BCUT2D eigenvalue weighted by molar-refractivity contribution is 0.0510. The van der Waals surface area contributed by atoms with E-state index in [1.54, 1.807) is 7.11 Å². The fourth-order valence-electron chi connectivity index (χ4n) is 4.45. The number of ether oxygens (including phenoxy) is 2. The molecule has 1 aromatic carbocycles. The summed E-state index contributed by atoms with van der Waals surface area (Å²) in [7, 11) is 3.67. The van der Waals surface area contributed by atoms with Crippen LogP contribution in [-0.4, -0.2) is 64.5 Å². The molecular formula is C21H33N3O2. The highest BCUT2D eigenvalue weighted by atomic mass is 16.5. The Kier molecular flexibility index (Phi) is 6.54. The number of guanidine groups is 1. The number of rotatable bonds is 5. The van der Waals surface area contributed by atoms with E-state index in [1.165, 1.54) is 17.5 Å². The van der Waals surface area contributed by atoms with Gasteiger partial charge in [0.05, 0.1) is 6.61 Å². The van der Waals surface area contributed by atoms with Crippen LogP contribution in [-0.2, 0) is 14.9 Å². The van der Waals surface area contributed by atoms with Crippen LogP contribution >= 0.6 is 0 Å². The second-order valence-corrected chi connectivity index (χ2v) is 7.66. The maximum atomic E-state index is 5.68. The minimum atomic E-state index is 0.116. The second-order valence-electron chi connectivity index (χ2n) is 7.66. The number of aryl methyl sites for hydroxylation is 1. The molecule has 0 radical (unpaired) electrons. The number of nitrogens with one attached hydrogen (secondary N) is 1. The van der Waals surface area contributed by atoms with Gasteiger partial charge in [0.15, 0.2) is 5.96 Å². The van der Waals surface area contributed by atoms with Gasteiger partial charge in [-0.25, -0.2) is 0 Å². The summed E-state index contributed by atoms with van der Waals surface area (Å²) in [6.45, 7) is 7.68. The van der Waals surface area contributed by atoms with E-state index in [2.05, 4.69) is 46.4 Å². The molecule has 2 saturated heterocycles. The van der Waals surface area contributed by atoms with E-state index < -0.39 is 0 Å². The molecular weight excluding hydrogens is 326 g/mol. The largest absolute Gasteiger partial charge is 0.384 e. The van der Waals surface area contributed by atoms with E-state index in [-0.39, 0.29) is 5.41 Å². The first-order valence-electron chi connectivity index (χ1n) is 9.77. The van der Waals surface area contributed by atoms with Crippen LogP contribution in [0.25, 0.3) is 0 Å². The van der Waals surface area contributed by atoms with Crippen molar-refractivity contribution in [1.82, 2.24) is 10.2 Å². The van der Waals surface area contributed by atoms with Gasteiger partial charge in [0.1, 0.15) is 0 Å². The van der Waals surface area contributed by atoms with Crippen LogP contribution in [0.4, 0.5) is 0 Å². The van der Waals surface area contributed by atoms with Gasteiger partial charge < -0.3 is 19.7 Å². The molecule has 2 aliphatic heterocycles. The van der Waals surface area contributed by atoms with Crippen LogP contribution in [0.2, 0.25) is 0 Å². The van der Waals surface area contributed by atoms with Gasteiger partial charge in [0.25, 0.3) is 0 Å². The fourth-order valence-corrected chi connectivity index (χ4v) is 4.45. The summed E-state index contributed by atoms with van der Waals surface area (Å²) in [4.78, 5) is 6.93. The summed E-state index contributed by atoms with van der Waals surface area (Å²) in [6, 6.07) is 8.79. The summed E-state index contributed by atoms with van der Waals surface area (Å²) in [5.74, 6) is 1.62. The monoisotopic (exact) mass is 359 g/mol. The average Bonchev–Trinajstić information content (AvgIpc) is 3.12. The third kappa shape index (κ3) is 4.21. The van der Waals surface area contributed by atoms with Gasteiger partial charge in [-0.1, -0.05) is 24.3 Å². The molecule has 1 N–H and O–H groups in total. The van der Waals surface area contributed by atoms with E-state index >= 15 is 0 Å². The Labute approximate surface area is 157 Å². The van der Waals surface area contributed by atoms with Gasteiger partial charge in [0, 0.05) is 58.3 Å². The number of hydrogen-bond donors (Lipinski definition) is 1. The van der Waals surface area contributed by atoms with E-state index in [4.69, 9.17) is 9.47 Å². The quantitative estimate of drug-likeness (QED) is 0.648. The summed E-state index contributed by atoms with van der Waals surface area (Å²) >= 11 is 0. The number of methoxy groups -OCH3 is 1. The van der Waals surface area contributed by atoms with Crippen molar-refractivity contribution in [3.05, 3.63) is 35.4 Å². The number of aliphatic imine (C=N–C) groups is 1. The van der Waals surface area contributed by atoms with Crippen LogP contribution in [0.15, 0.2) is 29.3 Å². The van der Waals surface area contributed by atoms with E-state index in [1.807, 2.05) is 7.05 Å². The highest BCUT2D eigenvalue weighted by molar-refractivity contribution is 5.80. The van der Waals surface area contributed by atoms with Gasteiger partial charge in [-0.2, -0.15) is 0 Å². The first-order valence-corrected chi connectivity index (χ1v) is 9.77. The molecule has 0 aliphatic carbocycles. The number of likely N-dealkylation sites (tertiary alicyclic amines) is 1. The normalized spacial score (nSPS) is 23.3. The zero-order valence-corrected chi connectivity index (χ0v) is 16.5. The highest BCUT2D eigenvalue weighted by Crippen LogP contribution is 2.36. The molecule has 1 unspecified atom stereocenters. The third-order valence-corrected chi connectivity index (χ3v) is 5.95. The Bertz CT molecular complexity index is 611. The van der Waals surface area contributed by atoms with E-state index in [9.17, 15) is 0 Å². The molecule has 5 heteroatoms. The molecule has 144 valence electrons. The first kappa shape index (κ1) is 19.2. The zero-order chi connectivity index (χ0) is 18.4. The Morgan fingerprint density at radius 3 is 2.81 bits per heavy atom. The third-order valence-electron chi connectivity index (χ3n) is 5.95. The SMILES string of the molecule is CN=C(NCC1(c2ccccc2C)CCOCC1)N1CCC(COC)C1. The summed E-state index contributed by atoms with van der Waals surface area (Å²) in [6.07, 6.45) is 3.27. The van der Waals surface area contributed by atoms with Crippen LogP contribution in [0, 0.1) is 12.8 Å². The molecule has 5 nitrogen and oxygen atoms in total. The molecule has 2 fully saturated rings. The Morgan fingerprint density at radius 1 is 1.35 bits per heavy atom. The van der Waals surface area contributed by atoms with Crippen molar-refractivity contribution in [2.75, 3.05) is 53.6 Å². The predicted octanol–water partition coefficient (Wildman–Crippen LogP) is 2.59. The molecule has 0 aromatic heterocycles. The van der Waals surface area contributed by atoms with Gasteiger partial charge >= 0.3 is 0 Å². The minimum absolute atomic E-state index is 0.116. The smallest absolute Gasteiger partial charge is 0.193 e. The molecule has 2 heterocycles. The van der Waals surface area contributed by atoms with Crippen molar-refractivity contribution >= 4 is 5.96 Å². The van der Waals surface area contributed by atoms with Crippen molar-refractivity contribution in [3.8, 4) is 0 Å². The van der Waals surface area contributed by atoms with Gasteiger partial charge in [-0.15, -0.1) is 0 Å². The Balaban J connectivity index is 1.71. The molecule has 2 aliphatic rings. The lowest BCUT2D eigenvalue weighted by Gasteiger charge is -2.39. The first-order chi connectivity index (χ1) is 12.7. The van der Waals surface area contributed by atoms with Crippen molar-refractivity contribution in [3.63, 3.8) is 0 Å². The molecule has 0 spiro atoms. The lowest BCUT2D eigenvalue weighted by atomic mass is 9.72. The number of hydrogen-bond acceptors (Lipinski definition) is 3. The van der Waals surface area contributed by atoms with Crippen molar-refractivity contribution in [2.24, 2.45) is 10.9 Å². The van der Waals surface area contributed by atoms with Crippen LogP contribution in [0.3, 0.4) is 0 Å². The molecule has 3 rings (SSSR count). The average molecular weight is 360 g/mol. The summed E-state index contributed by atoms with van der Waals surface area (Å²) in [5, 5.41) is 3.69. The van der Waals surface area contributed by atoms with Gasteiger partial charge in [0.2, 0.25) is 0 Å². The van der Waals surface area contributed by atoms with Crippen molar-refractivity contribution in [1.29, 1.82) is 0 Å². The molecule has 0 bridgehead atoms. The van der Waals surface area contributed by atoms with E-state index in [0.29, 0.717) is 5.92 Å². The highest BCUT2D eigenvalue weighted by Gasteiger charge is 2.36. The fraction of sp³-hybridized carbons (Fsp3) is 0.667. The predicted molar refractivity (Wildman–Crippen MR) is 106 cm³/mol. The molecule has 0 saturated carbocycles. The molecule has 26 heavy (non-hydrogen) atoms. The Morgan fingerprint density at radius 2 is 2.12 bits per heavy atom. The second kappa shape index (κ2) is 8.87. The minimum Gasteiger partial charge on any atom is -0.384 e. The van der Waals surface area contributed by atoms with Crippen LogP contribution < -0.4 is 5.32 Å². The van der Waals surface area contributed by atoms with Gasteiger partial charge in [-0.05, 0) is 37.3 Å². The molecule has 0 amide bonds. The Hall–Kier alpha value is -1.59. The summed E-state index contributed by atoms with van der Waals surface area (Å²) < 4.78 is 11.0. The maximum Gasteiger partial charge on any atom is 0.193 e. The number of nitrogens with zero attached hydrogens (tertiary/aromatic N) is 2. The lowest BCUT2D eigenvalue weighted by Crippen LogP contribution is -2.49. The van der Waals surface area contributed by atoms with Crippen molar-refractivity contribution < 1.29 is 9.47 Å². The topological polar surface area (TPSA) is 46.1 Å². The standard InChI is InChI=1S/C21H33N3O2/c1-17-6-4-5-7-19(17)21(9-12-26-13-10-21)16-23-20(22-2)24-11-8-18(14-24)15-25-3/h4-7,18H,8-16H2,1-3H3,(H,22,23). The van der Waals surface area contributed by atoms with Gasteiger partial charge in [-0.3, -0.25) is 4.99 Å². The zero-order valence-electron chi connectivity index (χ0n) is 16.5. The molecule has 1 atom stereocenters. The van der Waals surface area contributed by atoms with Crippen LogP contribution in [0.1, 0.15) is 30.4 Å². The molecule has 1 aromatic rings. The van der Waals surface area contributed by atoms with E-state index in [0.717, 1.165) is 58.3 Å². The maximum absolute atomic E-state index is 5.68.